The summed E-state index contributed by atoms with van der Waals surface area (Å²) in [6.07, 6.45) is 1.60. The predicted octanol–water partition coefficient (Wildman–Crippen LogP) is 1.07. The minimum Gasteiger partial charge on any atom is -0.395 e. The van der Waals surface area contributed by atoms with Crippen LogP contribution in [0.15, 0.2) is 18.3 Å². The second kappa shape index (κ2) is 7.20. The number of aliphatic hydroxyl groups is 1. The molecular formula is C11H15N3O2S2. The Bertz CT molecular complexity index is 487. The van der Waals surface area contributed by atoms with Crippen LogP contribution in [-0.4, -0.2) is 45.7 Å². The summed E-state index contributed by atoms with van der Waals surface area (Å²) in [5.74, 6) is -0.309. The van der Waals surface area contributed by atoms with E-state index in [4.69, 9.17) is 29.5 Å². The lowest BCUT2D eigenvalue weighted by Gasteiger charge is -2.22. The van der Waals surface area contributed by atoms with Gasteiger partial charge in [0.2, 0.25) is 0 Å². The summed E-state index contributed by atoms with van der Waals surface area (Å²) in [5, 5.41) is 11.8. The fourth-order valence-corrected chi connectivity index (χ4v) is 1.87. The van der Waals surface area contributed by atoms with Crippen LogP contribution < -0.4 is 5.32 Å². The van der Waals surface area contributed by atoms with Crippen LogP contribution in [0.3, 0.4) is 0 Å². The maximum Gasteiger partial charge on any atom is 0.257 e. The molecule has 3 N–H and O–H groups in total. The Hall–Kier alpha value is -1.31. The minimum absolute atomic E-state index is 0.0134. The predicted molar refractivity (Wildman–Crippen MR) is 76.0 cm³/mol. The number of H-pyrrole nitrogens is 1. The zero-order valence-electron chi connectivity index (χ0n) is 9.97. The van der Waals surface area contributed by atoms with Crippen molar-refractivity contribution in [3.8, 4) is 0 Å². The number of aliphatic hydroxyl groups excluding tert-OH is 1. The van der Waals surface area contributed by atoms with Gasteiger partial charge in [-0.25, -0.2) is 0 Å². The second-order valence-corrected chi connectivity index (χ2v) is 4.33. The number of hydrogen-bond donors (Lipinski definition) is 3. The summed E-state index contributed by atoms with van der Waals surface area (Å²) in [6, 6.07) is 3.19. The number of pyridine rings is 1. The second-order valence-electron chi connectivity index (χ2n) is 3.50. The molecule has 98 valence electrons. The Balaban J connectivity index is 2.70. The van der Waals surface area contributed by atoms with E-state index in [0.717, 1.165) is 0 Å². The maximum atomic E-state index is 11.9. The van der Waals surface area contributed by atoms with Crippen molar-refractivity contribution in [2.45, 2.75) is 6.92 Å². The number of thiocarbonyl (C=S) groups is 1. The van der Waals surface area contributed by atoms with E-state index < -0.39 is 0 Å². The fraction of sp³-hybridized carbons (Fsp3) is 0.364. The van der Waals surface area contributed by atoms with Gasteiger partial charge < -0.3 is 15.0 Å². The monoisotopic (exact) mass is 285 g/mol. The van der Waals surface area contributed by atoms with Gasteiger partial charge in [0, 0.05) is 24.8 Å². The molecule has 0 aliphatic heterocycles. The molecule has 1 rings (SSSR count). The summed E-state index contributed by atoms with van der Waals surface area (Å²) in [6.45, 7) is 2.90. The van der Waals surface area contributed by atoms with Crippen molar-refractivity contribution in [2.75, 3.05) is 19.7 Å². The smallest absolute Gasteiger partial charge is 0.257 e. The summed E-state index contributed by atoms with van der Waals surface area (Å²) in [7, 11) is 0. The standard InChI is InChI=1S/C11H15N3O2S2/c1-2-14(5-6-15)11(18)13-10(16)8-3-4-12-9(17)7-8/h3-4,7,15H,2,5-6H2,1H3,(H,12,17)(H,13,16,18). The van der Waals surface area contributed by atoms with Gasteiger partial charge in [-0.2, -0.15) is 0 Å². The van der Waals surface area contributed by atoms with Crippen molar-refractivity contribution in [3.63, 3.8) is 0 Å². The number of nitrogens with one attached hydrogen (secondary N) is 2. The third kappa shape index (κ3) is 4.17. The van der Waals surface area contributed by atoms with Crippen LogP contribution in [0, 0.1) is 4.64 Å². The number of carbonyl (C=O) groups excluding carboxylic acids is 1. The van der Waals surface area contributed by atoms with Crippen molar-refractivity contribution in [3.05, 3.63) is 28.5 Å². The van der Waals surface area contributed by atoms with Crippen molar-refractivity contribution >= 4 is 35.5 Å². The average molecular weight is 285 g/mol. The van der Waals surface area contributed by atoms with E-state index >= 15 is 0 Å². The summed E-state index contributed by atoms with van der Waals surface area (Å²) in [5.41, 5.74) is 0.446. The highest BCUT2D eigenvalue weighted by molar-refractivity contribution is 7.80. The molecular weight excluding hydrogens is 270 g/mol. The summed E-state index contributed by atoms with van der Waals surface area (Å²) < 4.78 is 0.483. The normalized spacial score (nSPS) is 9.89. The molecule has 0 aliphatic rings. The number of carbonyl (C=O) groups is 1. The highest BCUT2D eigenvalue weighted by Crippen LogP contribution is 1.99. The average Bonchev–Trinajstić information content (AvgIpc) is 2.35. The third-order valence-corrected chi connectivity index (χ3v) is 2.89. The molecule has 0 bridgehead atoms. The van der Waals surface area contributed by atoms with Gasteiger partial charge in [0.15, 0.2) is 5.11 Å². The Morgan fingerprint density at radius 1 is 1.61 bits per heavy atom. The number of likely N-dealkylation sites (N-methyl/N-ethyl adjacent to an activating group) is 1. The number of nitrogens with zero attached hydrogens (tertiary/aromatic N) is 1. The Labute approximate surface area is 116 Å². The molecule has 0 spiro atoms. The fourth-order valence-electron chi connectivity index (χ4n) is 1.36. The van der Waals surface area contributed by atoms with Gasteiger partial charge in [0.25, 0.3) is 5.91 Å². The van der Waals surface area contributed by atoms with Gasteiger partial charge in [0.1, 0.15) is 4.64 Å². The van der Waals surface area contributed by atoms with E-state index in [-0.39, 0.29) is 12.5 Å². The first kappa shape index (κ1) is 14.7. The van der Waals surface area contributed by atoms with Crippen LogP contribution in [-0.2, 0) is 0 Å². The van der Waals surface area contributed by atoms with Gasteiger partial charge in [-0.1, -0.05) is 12.2 Å². The van der Waals surface area contributed by atoms with Crippen molar-refractivity contribution in [1.29, 1.82) is 0 Å². The molecule has 18 heavy (non-hydrogen) atoms. The molecule has 1 amide bonds. The van der Waals surface area contributed by atoms with Crippen LogP contribution in [0.2, 0.25) is 0 Å². The van der Waals surface area contributed by atoms with Crippen LogP contribution in [0.25, 0.3) is 0 Å². The molecule has 1 heterocycles. The molecule has 0 atom stereocenters. The lowest BCUT2D eigenvalue weighted by molar-refractivity contribution is 0.0972. The first-order chi connectivity index (χ1) is 8.58. The number of rotatable bonds is 4. The van der Waals surface area contributed by atoms with E-state index in [1.165, 1.54) is 0 Å². The lowest BCUT2D eigenvalue weighted by Crippen LogP contribution is -2.43. The molecule has 0 saturated heterocycles. The van der Waals surface area contributed by atoms with Gasteiger partial charge in [-0.3, -0.25) is 10.1 Å². The zero-order valence-corrected chi connectivity index (χ0v) is 11.6. The van der Waals surface area contributed by atoms with Crippen molar-refractivity contribution in [2.24, 2.45) is 0 Å². The van der Waals surface area contributed by atoms with Gasteiger partial charge in [-0.05, 0) is 31.3 Å². The zero-order chi connectivity index (χ0) is 13.5. The van der Waals surface area contributed by atoms with Gasteiger partial charge in [0.05, 0.1) is 6.61 Å². The minimum atomic E-state index is -0.309. The molecule has 1 aromatic rings. The quantitative estimate of drug-likeness (QED) is 0.722. The van der Waals surface area contributed by atoms with Crippen LogP contribution in [0.4, 0.5) is 0 Å². The van der Waals surface area contributed by atoms with E-state index in [9.17, 15) is 4.79 Å². The number of amides is 1. The number of aromatic nitrogens is 1. The van der Waals surface area contributed by atoms with E-state index in [1.54, 1.807) is 23.2 Å². The lowest BCUT2D eigenvalue weighted by atomic mass is 10.2. The molecule has 0 aliphatic carbocycles. The van der Waals surface area contributed by atoms with Crippen molar-refractivity contribution < 1.29 is 9.90 Å². The summed E-state index contributed by atoms with van der Waals surface area (Å²) >= 11 is 10.0. The molecule has 7 heteroatoms. The molecule has 0 saturated carbocycles. The topological polar surface area (TPSA) is 68.4 Å². The highest BCUT2D eigenvalue weighted by Gasteiger charge is 2.12. The number of aromatic amines is 1. The largest absolute Gasteiger partial charge is 0.395 e. The Morgan fingerprint density at radius 2 is 2.33 bits per heavy atom. The first-order valence-corrected chi connectivity index (χ1v) is 6.30. The van der Waals surface area contributed by atoms with E-state index in [1.807, 2.05) is 6.92 Å². The van der Waals surface area contributed by atoms with Crippen LogP contribution in [0.1, 0.15) is 17.3 Å². The van der Waals surface area contributed by atoms with Crippen LogP contribution >= 0.6 is 24.4 Å². The third-order valence-electron chi connectivity index (χ3n) is 2.30. The molecule has 0 radical (unpaired) electrons. The van der Waals surface area contributed by atoms with E-state index in [2.05, 4.69) is 10.3 Å². The Morgan fingerprint density at radius 3 is 2.89 bits per heavy atom. The highest BCUT2D eigenvalue weighted by atomic mass is 32.1. The SMILES string of the molecule is CCN(CCO)C(=S)NC(=O)c1cc[nH]c(=S)c1. The Kier molecular flexibility index (Phi) is 5.90. The van der Waals surface area contributed by atoms with E-state index in [0.29, 0.717) is 28.4 Å². The molecule has 0 aromatic carbocycles. The molecule has 5 nitrogen and oxygen atoms in total. The number of hydrogen-bond acceptors (Lipinski definition) is 4. The van der Waals surface area contributed by atoms with Gasteiger partial charge >= 0.3 is 0 Å². The molecule has 0 unspecified atom stereocenters. The maximum absolute atomic E-state index is 11.9. The van der Waals surface area contributed by atoms with Crippen molar-refractivity contribution in [1.82, 2.24) is 15.2 Å². The van der Waals surface area contributed by atoms with Gasteiger partial charge in [-0.15, -0.1) is 0 Å². The molecule has 1 aromatic heterocycles. The summed E-state index contributed by atoms with van der Waals surface area (Å²) in [4.78, 5) is 16.4. The molecule has 0 fully saturated rings. The van der Waals surface area contributed by atoms with Crippen LogP contribution in [0.5, 0.6) is 0 Å². The first-order valence-electron chi connectivity index (χ1n) is 5.48.